The summed E-state index contributed by atoms with van der Waals surface area (Å²) in [6, 6.07) is 4.56. The lowest BCUT2D eigenvalue weighted by molar-refractivity contribution is -0.122. The first-order valence-corrected chi connectivity index (χ1v) is 6.74. The van der Waals surface area contributed by atoms with Crippen LogP contribution >= 0.6 is 11.6 Å². The van der Waals surface area contributed by atoms with Gasteiger partial charge in [0.25, 0.3) is 0 Å². The topological polar surface area (TPSA) is 49.3 Å². The SMILES string of the molecule is CC(CO)CNC(=O)C1CC1c1c(F)cccc1Cl. The highest BCUT2D eigenvalue weighted by atomic mass is 35.5. The average molecular weight is 286 g/mol. The van der Waals surface area contributed by atoms with Crippen LogP contribution in [-0.4, -0.2) is 24.2 Å². The summed E-state index contributed by atoms with van der Waals surface area (Å²) in [5.41, 5.74) is 0.444. The van der Waals surface area contributed by atoms with Gasteiger partial charge in [0.1, 0.15) is 5.82 Å². The summed E-state index contributed by atoms with van der Waals surface area (Å²) in [6.07, 6.45) is 0.625. The van der Waals surface area contributed by atoms with Crippen LogP contribution in [0.1, 0.15) is 24.8 Å². The van der Waals surface area contributed by atoms with Gasteiger partial charge in [-0.2, -0.15) is 0 Å². The molecule has 3 unspecified atom stereocenters. The van der Waals surface area contributed by atoms with Gasteiger partial charge in [0, 0.05) is 35.6 Å². The Kier molecular flexibility index (Phi) is 4.42. The van der Waals surface area contributed by atoms with Gasteiger partial charge in [0.05, 0.1) is 0 Å². The molecule has 0 heterocycles. The second-order valence-corrected chi connectivity index (χ2v) is 5.52. The van der Waals surface area contributed by atoms with Gasteiger partial charge >= 0.3 is 0 Å². The van der Waals surface area contributed by atoms with Crippen LogP contribution in [0.15, 0.2) is 18.2 Å². The minimum atomic E-state index is -0.350. The van der Waals surface area contributed by atoms with Crippen LogP contribution in [0.4, 0.5) is 4.39 Å². The van der Waals surface area contributed by atoms with Crippen molar-refractivity contribution < 1.29 is 14.3 Å². The lowest BCUT2D eigenvalue weighted by atomic mass is 10.1. The number of aliphatic hydroxyl groups excluding tert-OH is 1. The number of carbonyl (C=O) groups is 1. The van der Waals surface area contributed by atoms with Crippen LogP contribution in [0.5, 0.6) is 0 Å². The molecule has 2 rings (SSSR count). The largest absolute Gasteiger partial charge is 0.396 e. The van der Waals surface area contributed by atoms with Gasteiger partial charge in [-0.1, -0.05) is 24.6 Å². The molecule has 1 aliphatic carbocycles. The fourth-order valence-corrected chi connectivity index (χ4v) is 2.44. The Hall–Kier alpha value is -1.13. The molecule has 3 nitrogen and oxygen atoms in total. The molecule has 1 saturated carbocycles. The highest BCUT2D eigenvalue weighted by Gasteiger charge is 2.46. The van der Waals surface area contributed by atoms with E-state index in [9.17, 15) is 9.18 Å². The summed E-state index contributed by atoms with van der Waals surface area (Å²) in [5.74, 6) is -0.752. The van der Waals surface area contributed by atoms with E-state index >= 15 is 0 Å². The molecule has 0 spiro atoms. The van der Waals surface area contributed by atoms with Crippen LogP contribution in [0, 0.1) is 17.7 Å². The second kappa shape index (κ2) is 5.88. The van der Waals surface area contributed by atoms with E-state index in [1.165, 1.54) is 6.07 Å². The van der Waals surface area contributed by atoms with Gasteiger partial charge in [-0.15, -0.1) is 0 Å². The molecule has 0 aliphatic heterocycles. The maximum Gasteiger partial charge on any atom is 0.223 e. The molecule has 0 aromatic heterocycles. The Bertz CT molecular complexity index is 460. The molecule has 1 amide bonds. The Morgan fingerprint density at radius 3 is 3.00 bits per heavy atom. The predicted molar refractivity (Wildman–Crippen MR) is 71.5 cm³/mol. The smallest absolute Gasteiger partial charge is 0.223 e. The average Bonchev–Trinajstić information content (AvgIpc) is 3.15. The summed E-state index contributed by atoms with van der Waals surface area (Å²) in [4.78, 5) is 11.9. The number of halogens is 2. The quantitative estimate of drug-likeness (QED) is 0.872. The van der Waals surface area contributed by atoms with Crippen molar-refractivity contribution >= 4 is 17.5 Å². The third-order valence-corrected chi connectivity index (χ3v) is 3.76. The van der Waals surface area contributed by atoms with E-state index in [0.29, 0.717) is 23.6 Å². The van der Waals surface area contributed by atoms with E-state index < -0.39 is 0 Å². The molecule has 104 valence electrons. The Morgan fingerprint density at radius 1 is 1.63 bits per heavy atom. The van der Waals surface area contributed by atoms with E-state index in [4.69, 9.17) is 16.7 Å². The van der Waals surface area contributed by atoms with Crippen LogP contribution in [0.25, 0.3) is 0 Å². The van der Waals surface area contributed by atoms with Gasteiger partial charge in [0.15, 0.2) is 0 Å². The number of carbonyl (C=O) groups excluding carboxylic acids is 1. The van der Waals surface area contributed by atoms with Crippen molar-refractivity contribution in [2.45, 2.75) is 19.3 Å². The second-order valence-electron chi connectivity index (χ2n) is 5.12. The Balaban J connectivity index is 1.95. The van der Waals surface area contributed by atoms with Crippen LogP contribution in [0.2, 0.25) is 5.02 Å². The highest BCUT2D eigenvalue weighted by Crippen LogP contribution is 2.50. The molecule has 0 saturated heterocycles. The third-order valence-electron chi connectivity index (χ3n) is 3.43. The molecule has 0 radical (unpaired) electrons. The minimum absolute atomic E-state index is 0.0261. The van der Waals surface area contributed by atoms with Gasteiger partial charge in [-0.25, -0.2) is 4.39 Å². The molecule has 1 aliphatic rings. The van der Waals surface area contributed by atoms with Crippen molar-refractivity contribution in [3.05, 3.63) is 34.6 Å². The molecule has 5 heteroatoms. The van der Waals surface area contributed by atoms with Crippen molar-refractivity contribution in [2.24, 2.45) is 11.8 Å². The normalized spacial score (nSPS) is 22.9. The first-order valence-electron chi connectivity index (χ1n) is 6.37. The van der Waals surface area contributed by atoms with E-state index in [1.807, 2.05) is 6.92 Å². The first kappa shape index (κ1) is 14.3. The molecule has 3 atom stereocenters. The summed E-state index contributed by atoms with van der Waals surface area (Å²) < 4.78 is 13.7. The van der Waals surface area contributed by atoms with Crippen LogP contribution < -0.4 is 5.32 Å². The number of benzene rings is 1. The molecule has 2 N–H and O–H groups in total. The van der Waals surface area contributed by atoms with E-state index in [0.717, 1.165) is 0 Å². The highest BCUT2D eigenvalue weighted by molar-refractivity contribution is 6.31. The zero-order valence-corrected chi connectivity index (χ0v) is 11.5. The lowest BCUT2D eigenvalue weighted by Crippen LogP contribution is -2.31. The maximum absolute atomic E-state index is 13.7. The fourth-order valence-electron chi connectivity index (χ4n) is 2.14. The summed E-state index contributed by atoms with van der Waals surface area (Å²) in [6.45, 7) is 2.31. The van der Waals surface area contributed by atoms with Crippen molar-refractivity contribution in [2.75, 3.05) is 13.2 Å². The minimum Gasteiger partial charge on any atom is -0.396 e. The number of rotatable bonds is 5. The number of amides is 1. The molecule has 1 fully saturated rings. The van der Waals surface area contributed by atoms with E-state index in [-0.39, 0.29) is 36.1 Å². The zero-order chi connectivity index (χ0) is 14.0. The molecule has 19 heavy (non-hydrogen) atoms. The van der Waals surface area contributed by atoms with Crippen LogP contribution in [0.3, 0.4) is 0 Å². The van der Waals surface area contributed by atoms with E-state index in [1.54, 1.807) is 12.1 Å². The summed E-state index contributed by atoms with van der Waals surface area (Å²) >= 11 is 5.98. The Morgan fingerprint density at radius 2 is 2.37 bits per heavy atom. The van der Waals surface area contributed by atoms with Crippen molar-refractivity contribution in [1.29, 1.82) is 0 Å². The number of hydrogen-bond donors (Lipinski definition) is 2. The Labute approximate surface area is 116 Å². The third kappa shape index (κ3) is 3.25. The van der Waals surface area contributed by atoms with Crippen molar-refractivity contribution in [3.8, 4) is 0 Å². The summed E-state index contributed by atoms with van der Waals surface area (Å²) in [7, 11) is 0. The van der Waals surface area contributed by atoms with Gasteiger partial charge < -0.3 is 10.4 Å². The predicted octanol–water partition coefficient (Wildman–Crippen LogP) is 2.33. The monoisotopic (exact) mass is 285 g/mol. The fraction of sp³-hybridized carbons (Fsp3) is 0.500. The van der Waals surface area contributed by atoms with Gasteiger partial charge in [-0.3, -0.25) is 4.79 Å². The number of hydrogen-bond acceptors (Lipinski definition) is 2. The van der Waals surface area contributed by atoms with Gasteiger partial charge in [-0.05, 0) is 24.5 Å². The molecular weight excluding hydrogens is 269 g/mol. The van der Waals surface area contributed by atoms with E-state index in [2.05, 4.69) is 5.32 Å². The molecular formula is C14H17ClFNO2. The van der Waals surface area contributed by atoms with Crippen molar-refractivity contribution in [1.82, 2.24) is 5.32 Å². The lowest BCUT2D eigenvalue weighted by Gasteiger charge is -2.10. The van der Waals surface area contributed by atoms with Crippen molar-refractivity contribution in [3.63, 3.8) is 0 Å². The standard InChI is InChI=1S/C14H17ClFNO2/c1-8(7-18)6-17-14(19)10-5-9(10)13-11(15)3-2-4-12(13)16/h2-4,8-10,18H,5-7H2,1H3,(H,17,19). The summed E-state index contributed by atoms with van der Waals surface area (Å²) in [5, 5.41) is 12.0. The number of nitrogens with one attached hydrogen (secondary N) is 1. The first-order chi connectivity index (χ1) is 9.04. The molecule has 0 bridgehead atoms. The molecule has 1 aromatic rings. The molecule has 1 aromatic carbocycles. The number of aliphatic hydroxyl groups is 1. The zero-order valence-electron chi connectivity index (χ0n) is 10.7. The maximum atomic E-state index is 13.7. The van der Waals surface area contributed by atoms with Crippen LogP contribution in [-0.2, 0) is 4.79 Å². The van der Waals surface area contributed by atoms with Gasteiger partial charge in [0.2, 0.25) is 5.91 Å².